The Bertz CT molecular complexity index is 1360. The zero-order chi connectivity index (χ0) is 20.0. The quantitative estimate of drug-likeness (QED) is 0.310. The van der Waals surface area contributed by atoms with Crippen LogP contribution in [0.3, 0.4) is 0 Å². The van der Waals surface area contributed by atoms with Crippen molar-refractivity contribution in [3.63, 3.8) is 0 Å². The van der Waals surface area contributed by atoms with Crippen molar-refractivity contribution in [1.82, 2.24) is 9.97 Å². The summed E-state index contributed by atoms with van der Waals surface area (Å²) in [4.78, 5) is 10.1. The van der Waals surface area contributed by atoms with E-state index in [1.165, 1.54) is 22.3 Å². The monoisotopic (exact) mass is 374 g/mol. The fourth-order valence-corrected chi connectivity index (χ4v) is 4.14. The van der Waals surface area contributed by atoms with Crippen molar-refractivity contribution in [2.75, 3.05) is 0 Å². The van der Waals surface area contributed by atoms with Crippen LogP contribution in [0.2, 0.25) is 0 Å². The van der Waals surface area contributed by atoms with Crippen LogP contribution >= 0.6 is 0 Å². The van der Waals surface area contributed by atoms with Gasteiger partial charge in [0.25, 0.3) is 0 Å². The lowest BCUT2D eigenvalue weighted by Crippen LogP contribution is -1.94. The van der Waals surface area contributed by atoms with Gasteiger partial charge in [-0.25, -0.2) is 9.97 Å². The van der Waals surface area contributed by atoms with Crippen molar-refractivity contribution >= 4 is 21.8 Å². The van der Waals surface area contributed by atoms with Crippen molar-refractivity contribution in [3.05, 3.63) is 95.6 Å². The van der Waals surface area contributed by atoms with Gasteiger partial charge in [0.1, 0.15) is 0 Å². The Balaban J connectivity index is 1.79. The van der Waals surface area contributed by atoms with E-state index in [4.69, 9.17) is 9.97 Å². The van der Waals surface area contributed by atoms with E-state index in [0.29, 0.717) is 0 Å². The predicted molar refractivity (Wildman–Crippen MR) is 122 cm³/mol. The fraction of sp³-hybridized carbons (Fsp3) is 0.111. The number of nitrogens with zero attached hydrogens (tertiary/aromatic N) is 2. The smallest absolute Gasteiger partial charge is 0.0972 e. The Kier molecular flexibility index (Phi) is 4.13. The van der Waals surface area contributed by atoms with Gasteiger partial charge < -0.3 is 0 Å². The van der Waals surface area contributed by atoms with Crippen LogP contribution in [0.4, 0.5) is 0 Å². The summed E-state index contributed by atoms with van der Waals surface area (Å²) in [7, 11) is 0. The van der Waals surface area contributed by atoms with Gasteiger partial charge in [-0.2, -0.15) is 0 Å². The highest BCUT2D eigenvalue weighted by atomic mass is 14.8. The van der Waals surface area contributed by atoms with Gasteiger partial charge >= 0.3 is 0 Å². The van der Waals surface area contributed by atoms with E-state index in [-0.39, 0.29) is 0 Å². The van der Waals surface area contributed by atoms with Crippen molar-refractivity contribution in [1.29, 1.82) is 0 Å². The number of rotatable bonds is 2. The molecule has 0 bridgehead atoms. The van der Waals surface area contributed by atoms with Crippen LogP contribution in [-0.4, -0.2) is 9.97 Å². The standard InChI is InChI=1S/C27H22N2/c1-17-7-4-5-10-22(17)23-15-13-20-11-12-21-14-16-24(29-27(21)26(20)28-23)25-18(2)8-6-9-19(25)3/h4-16H,1-3H3. The summed E-state index contributed by atoms with van der Waals surface area (Å²) < 4.78 is 0. The average molecular weight is 374 g/mol. The Morgan fingerprint density at radius 3 is 1.66 bits per heavy atom. The molecule has 5 aromatic rings. The second-order valence-corrected chi connectivity index (χ2v) is 7.68. The second kappa shape index (κ2) is 6.82. The van der Waals surface area contributed by atoms with Gasteiger partial charge in [0.15, 0.2) is 0 Å². The maximum Gasteiger partial charge on any atom is 0.0972 e. The minimum Gasteiger partial charge on any atom is -0.245 e. The molecule has 2 heterocycles. The number of benzene rings is 3. The number of aryl methyl sites for hydroxylation is 3. The third kappa shape index (κ3) is 2.98. The molecule has 0 aliphatic rings. The summed E-state index contributed by atoms with van der Waals surface area (Å²) in [5.41, 5.74) is 9.99. The number of hydrogen-bond donors (Lipinski definition) is 0. The molecular formula is C27H22N2. The van der Waals surface area contributed by atoms with Crippen LogP contribution in [0.1, 0.15) is 16.7 Å². The largest absolute Gasteiger partial charge is 0.245 e. The molecule has 3 aromatic carbocycles. The molecule has 0 saturated heterocycles. The number of pyridine rings is 2. The van der Waals surface area contributed by atoms with Crippen molar-refractivity contribution in [3.8, 4) is 22.5 Å². The van der Waals surface area contributed by atoms with Gasteiger partial charge in [-0.15, -0.1) is 0 Å². The average Bonchev–Trinajstić information content (AvgIpc) is 2.73. The molecule has 0 spiro atoms. The summed E-state index contributed by atoms with van der Waals surface area (Å²) >= 11 is 0. The molecule has 0 saturated carbocycles. The van der Waals surface area contributed by atoms with E-state index in [1.807, 2.05) is 0 Å². The van der Waals surface area contributed by atoms with Crippen LogP contribution in [0.5, 0.6) is 0 Å². The Morgan fingerprint density at radius 1 is 0.483 bits per heavy atom. The van der Waals surface area contributed by atoms with Crippen LogP contribution in [0.25, 0.3) is 44.3 Å². The van der Waals surface area contributed by atoms with Gasteiger partial charge in [0.05, 0.1) is 22.4 Å². The lowest BCUT2D eigenvalue weighted by molar-refractivity contribution is 1.31. The van der Waals surface area contributed by atoms with Gasteiger partial charge in [-0.3, -0.25) is 0 Å². The lowest BCUT2D eigenvalue weighted by Gasteiger charge is -2.12. The number of hydrogen-bond acceptors (Lipinski definition) is 2. The normalized spacial score (nSPS) is 11.3. The highest BCUT2D eigenvalue weighted by Crippen LogP contribution is 2.31. The molecule has 0 atom stereocenters. The number of aromatic nitrogens is 2. The van der Waals surface area contributed by atoms with Gasteiger partial charge in [-0.1, -0.05) is 66.7 Å². The summed E-state index contributed by atoms with van der Waals surface area (Å²) in [6.45, 7) is 6.42. The first-order valence-electron chi connectivity index (χ1n) is 9.95. The van der Waals surface area contributed by atoms with Crippen LogP contribution in [0, 0.1) is 20.8 Å². The summed E-state index contributed by atoms with van der Waals surface area (Å²) in [5.74, 6) is 0. The van der Waals surface area contributed by atoms with Gasteiger partial charge in [-0.05, 0) is 49.6 Å². The van der Waals surface area contributed by atoms with Crippen molar-refractivity contribution < 1.29 is 0 Å². The molecule has 5 rings (SSSR count). The lowest BCUT2D eigenvalue weighted by atomic mass is 9.98. The highest BCUT2D eigenvalue weighted by Gasteiger charge is 2.11. The maximum absolute atomic E-state index is 5.09. The van der Waals surface area contributed by atoms with Gasteiger partial charge in [0.2, 0.25) is 0 Å². The van der Waals surface area contributed by atoms with Crippen molar-refractivity contribution in [2.45, 2.75) is 20.8 Å². The summed E-state index contributed by atoms with van der Waals surface area (Å²) in [6, 6.07) is 27.6. The molecule has 0 N–H and O–H groups in total. The first-order chi connectivity index (χ1) is 14.1. The topological polar surface area (TPSA) is 25.8 Å². The molecule has 29 heavy (non-hydrogen) atoms. The zero-order valence-electron chi connectivity index (χ0n) is 16.9. The SMILES string of the molecule is Cc1ccccc1-c1ccc2ccc3ccc(-c4c(C)cccc4C)nc3c2n1. The van der Waals surface area contributed by atoms with E-state index >= 15 is 0 Å². The summed E-state index contributed by atoms with van der Waals surface area (Å²) in [5, 5.41) is 2.22. The molecule has 0 amide bonds. The fourth-order valence-electron chi connectivity index (χ4n) is 4.14. The molecule has 0 radical (unpaired) electrons. The Hall–Kier alpha value is -3.52. The third-order valence-corrected chi connectivity index (χ3v) is 5.68. The van der Waals surface area contributed by atoms with Crippen molar-refractivity contribution in [2.24, 2.45) is 0 Å². The predicted octanol–water partition coefficient (Wildman–Crippen LogP) is 7.04. The Labute approximate surface area is 170 Å². The first kappa shape index (κ1) is 17.6. The molecule has 2 heteroatoms. The summed E-state index contributed by atoms with van der Waals surface area (Å²) in [6.07, 6.45) is 0. The number of fused-ring (bicyclic) bond motifs is 3. The van der Waals surface area contributed by atoms with Gasteiger partial charge in [0, 0.05) is 21.9 Å². The minimum absolute atomic E-state index is 0.955. The van der Waals surface area contributed by atoms with E-state index in [1.54, 1.807) is 0 Å². The molecule has 0 fully saturated rings. The van der Waals surface area contributed by atoms with E-state index in [9.17, 15) is 0 Å². The highest BCUT2D eigenvalue weighted by molar-refractivity contribution is 6.04. The molecule has 2 nitrogen and oxygen atoms in total. The molecule has 0 unspecified atom stereocenters. The van der Waals surface area contributed by atoms with E-state index in [0.717, 1.165) is 38.8 Å². The van der Waals surface area contributed by atoms with E-state index < -0.39 is 0 Å². The minimum atomic E-state index is 0.955. The van der Waals surface area contributed by atoms with Crippen LogP contribution in [0.15, 0.2) is 78.9 Å². The van der Waals surface area contributed by atoms with Crippen LogP contribution < -0.4 is 0 Å². The van der Waals surface area contributed by atoms with Crippen LogP contribution in [-0.2, 0) is 0 Å². The zero-order valence-corrected chi connectivity index (χ0v) is 16.9. The Morgan fingerprint density at radius 2 is 1.00 bits per heavy atom. The van der Waals surface area contributed by atoms with E-state index in [2.05, 4.69) is 99.6 Å². The molecule has 0 aliphatic heterocycles. The maximum atomic E-state index is 5.09. The molecule has 140 valence electrons. The third-order valence-electron chi connectivity index (χ3n) is 5.68. The second-order valence-electron chi connectivity index (χ2n) is 7.68. The first-order valence-corrected chi connectivity index (χ1v) is 9.95. The molecule has 0 aliphatic carbocycles. The molecular weight excluding hydrogens is 352 g/mol. The molecule has 2 aromatic heterocycles.